The van der Waals surface area contributed by atoms with E-state index in [0.29, 0.717) is 6.42 Å². The summed E-state index contributed by atoms with van der Waals surface area (Å²) in [5.74, 6) is 0. The molecule has 96 valence electrons. The Bertz CT molecular complexity index is 543. The number of nitriles is 1. The first kappa shape index (κ1) is 13.5. The van der Waals surface area contributed by atoms with E-state index in [2.05, 4.69) is 41.9 Å². The zero-order valence-corrected chi connectivity index (χ0v) is 11.7. The molecule has 0 saturated carbocycles. The number of hydrogen-bond donors (Lipinski definition) is 1. The first-order valence-electron chi connectivity index (χ1n) is 6.16. The van der Waals surface area contributed by atoms with Crippen LogP contribution in [0.3, 0.4) is 0 Å². The van der Waals surface area contributed by atoms with Gasteiger partial charge in [0.2, 0.25) is 0 Å². The number of hydrogen-bond acceptors (Lipinski definition) is 3. The largest absolute Gasteiger partial charge is 0.377 e. The molecule has 0 radical (unpaired) electrons. The highest BCUT2D eigenvalue weighted by Gasteiger charge is 2.10. The van der Waals surface area contributed by atoms with Gasteiger partial charge in [0.05, 0.1) is 18.5 Å². The maximum Gasteiger partial charge on any atom is 0.0647 e. The van der Waals surface area contributed by atoms with Gasteiger partial charge >= 0.3 is 0 Å². The second-order valence-electron chi connectivity index (χ2n) is 4.20. The predicted octanol–water partition coefficient (Wildman–Crippen LogP) is 4.48. The number of anilines is 1. The van der Waals surface area contributed by atoms with Gasteiger partial charge in [-0.15, -0.1) is 11.8 Å². The van der Waals surface area contributed by atoms with Gasteiger partial charge in [0.1, 0.15) is 0 Å². The summed E-state index contributed by atoms with van der Waals surface area (Å²) in [6.07, 6.45) is 2.51. The smallest absolute Gasteiger partial charge is 0.0647 e. The Labute approximate surface area is 118 Å². The van der Waals surface area contributed by atoms with Crippen LogP contribution in [0.4, 0.5) is 5.69 Å². The summed E-state index contributed by atoms with van der Waals surface area (Å²) in [5, 5.41) is 12.4. The molecule has 0 aliphatic rings. The molecule has 19 heavy (non-hydrogen) atoms. The highest BCUT2D eigenvalue weighted by molar-refractivity contribution is 7.98. The fourth-order valence-electron chi connectivity index (χ4n) is 1.92. The first-order valence-corrected chi connectivity index (χ1v) is 7.38. The Hall–Kier alpha value is -1.92. The van der Waals surface area contributed by atoms with Crippen LogP contribution in [0.15, 0.2) is 59.5 Å². The SMILES string of the molecule is CSc1ccc(NC(CC#N)c2ccccc2)cc1. The van der Waals surface area contributed by atoms with Gasteiger partial charge in [0.25, 0.3) is 0 Å². The minimum absolute atomic E-state index is 0.0336. The Morgan fingerprint density at radius 3 is 2.37 bits per heavy atom. The van der Waals surface area contributed by atoms with Crippen LogP contribution in [0.1, 0.15) is 18.0 Å². The van der Waals surface area contributed by atoms with Crippen molar-refractivity contribution in [3.8, 4) is 6.07 Å². The third-order valence-corrected chi connectivity index (χ3v) is 3.67. The van der Waals surface area contributed by atoms with Gasteiger partial charge in [0, 0.05) is 10.6 Å². The number of nitrogens with one attached hydrogen (secondary N) is 1. The minimum Gasteiger partial charge on any atom is -0.377 e. The van der Waals surface area contributed by atoms with Crippen molar-refractivity contribution in [1.29, 1.82) is 5.26 Å². The summed E-state index contributed by atoms with van der Waals surface area (Å²) in [7, 11) is 0. The summed E-state index contributed by atoms with van der Waals surface area (Å²) >= 11 is 1.72. The van der Waals surface area contributed by atoms with E-state index < -0.39 is 0 Å². The molecule has 0 fully saturated rings. The molecule has 0 spiro atoms. The maximum absolute atomic E-state index is 8.96. The van der Waals surface area contributed by atoms with Crippen LogP contribution in [0.5, 0.6) is 0 Å². The van der Waals surface area contributed by atoms with E-state index in [1.165, 1.54) is 4.90 Å². The Morgan fingerprint density at radius 2 is 1.79 bits per heavy atom. The number of benzene rings is 2. The van der Waals surface area contributed by atoms with Gasteiger partial charge < -0.3 is 5.32 Å². The molecule has 0 saturated heterocycles. The van der Waals surface area contributed by atoms with E-state index in [9.17, 15) is 0 Å². The van der Waals surface area contributed by atoms with Crippen molar-refractivity contribution in [3.63, 3.8) is 0 Å². The highest BCUT2D eigenvalue weighted by atomic mass is 32.2. The summed E-state index contributed by atoms with van der Waals surface area (Å²) in [6.45, 7) is 0. The summed E-state index contributed by atoms with van der Waals surface area (Å²) in [6, 6.07) is 20.6. The lowest BCUT2D eigenvalue weighted by molar-refractivity contribution is 0.806. The Morgan fingerprint density at radius 1 is 1.11 bits per heavy atom. The molecular formula is C16H16N2S. The Balaban J connectivity index is 2.14. The van der Waals surface area contributed by atoms with Crippen molar-refractivity contribution in [2.45, 2.75) is 17.4 Å². The van der Waals surface area contributed by atoms with E-state index >= 15 is 0 Å². The van der Waals surface area contributed by atoms with Gasteiger partial charge in [-0.25, -0.2) is 0 Å². The molecule has 2 aromatic rings. The quantitative estimate of drug-likeness (QED) is 0.812. The second kappa shape index (κ2) is 6.86. The molecule has 0 bridgehead atoms. The van der Waals surface area contributed by atoms with Crippen molar-refractivity contribution in [2.24, 2.45) is 0 Å². The summed E-state index contributed by atoms with van der Waals surface area (Å²) < 4.78 is 0. The lowest BCUT2D eigenvalue weighted by Crippen LogP contribution is -2.09. The second-order valence-corrected chi connectivity index (χ2v) is 5.08. The van der Waals surface area contributed by atoms with Crippen LogP contribution in [-0.4, -0.2) is 6.26 Å². The molecule has 1 N–H and O–H groups in total. The fourth-order valence-corrected chi connectivity index (χ4v) is 2.33. The van der Waals surface area contributed by atoms with Crippen LogP contribution in [0.2, 0.25) is 0 Å². The number of thioether (sulfide) groups is 1. The van der Waals surface area contributed by atoms with Crippen molar-refractivity contribution >= 4 is 17.4 Å². The highest BCUT2D eigenvalue weighted by Crippen LogP contribution is 2.24. The van der Waals surface area contributed by atoms with E-state index in [1.54, 1.807) is 11.8 Å². The Kier molecular flexibility index (Phi) is 4.88. The maximum atomic E-state index is 8.96. The van der Waals surface area contributed by atoms with Crippen LogP contribution < -0.4 is 5.32 Å². The topological polar surface area (TPSA) is 35.8 Å². The lowest BCUT2D eigenvalue weighted by atomic mass is 10.0. The average Bonchev–Trinajstić information content (AvgIpc) is 2.48. The number of nitrogens with zero attached hydrogens (tertiary/aromatic N) is 1. The fraction of sp³-hybridized carbons (Fsp3) is 0.188. The molecule has 0 aromatic heterocycles. The van der Waals surface area contributed by atoms with Crippen LogP contribution in [-0.2, 0) is 0 Å². The molecule has 1 unspecified atom stereocenters. The van der Waals surface area contributed by atoms with Gasteiger partial charge in [-0.3, -0.25) is 0 Å². The van der Waals surface area contributed by atoms with Crippen molar-refractivity contribution in [2.75, 3.05) is 11.6 Å². The third-order valence-electron chi connectivity index (χ3n) is 2.93. The van der Waals surface area contributed by atoms with E-state index in [0.717, 1.165) is 11.3 Å². The van der Waals surface area contributed by atoms with Crippen LogP contribution in [0, 0.1) is 11.3 Å². The average molecular weight is 268 g/mol. The molecule has 0 aliphatic heterocycles. The van der Waals surface area contributed by atoms with E-state index in [4.69, 9.17) is 5.26 Å². The zero-order valence-electron chi connectivity index (χ0n) is 10.8. The minimum atomic E-state index is 0.0336. The molecule has 3 heteroatoms. The van der Waals surface area contributed by atoms with Crippen molar-refractivity contribution in [3.05, 3.63) is 60.2 Å². The standard InChI is InChI=1S/C16H16N2S/c1-19-15-9-7-14(8-10-15)18-16(11-12-17)13-5-3-2-4-6-13/h2-10,16,18H,11H2,1H3. The van der Waals surface area contributed by atoms with Crippen molar-refractivity contribution < 1.29 is 0 Å². The summed E-state index contributed by atoms with van der Waals surface area (Å²) in [4.78, 5) is 1.24. The predicted molar refractivity (Wildman–Crippen MR) is 81.3 cm³/mol. The third kappa shape index (κ3) is 3.77. The normalized spacial score (nSPS) is 11.6. The molecule has 1 atom stereocenters. The lowest BCUT2D eigenvalue weighted by Gasteiger charge is -2.17. The molecular weight excluding hydrogens is 252 g/mol. The van der Waals surface area contributed by atoms with Gasteiger partial charge in [-0.1, -0.05) is 30.3 Å². The molecule has 2 rings (SSSR count). The van der Waals surface area contributed by atoms with Gasteiger partial charge in [-0.05, 0) is 36.1 Å². The molecule has 0 aliphatic carbocycles. The van der Waals surface area contributed by atoms with E-state index in [1.807, 2.05) is 30.3 Å². The van der Waals surface area contributed by atoms with Gasteiger partial charge in [-0.2, -0.15) is 5.26 Å². The molecule has 2 nitrogen and oxygen atoms in total. The van der Waals surface area contributed by atoms with E-state index in [-0.39, 0.29) is 6.04 Å². The van der Waals surface area contributed by atoms with Crippen LogP contribution >= 0.6 is 11.8 Å². The van der Waals surface area contributed by atoms with Crippen molar-refractivity contribution in [1.82, 2.24) is 0 Å². The molecule has 2 aromatic carbocycles. The first-order chi connectivity index (χ1) is 9.33. The monoisotopic (exact) mass is 268 g/mol. The molecule has 0 heterocycles. The molecule has 0 amide bonds. The van der Waals surface area contributed by atoms with Crippen LogP contribution in [0.25, 0.3) is 0 Å². The zero-order chi connectivity index (χ0) is 13.5. The van der Waals surface area contributed by atoms with Gasteiger partial charge in [0.15, 0.2) is 0 Å². The number of rotatable bonds is 5. The summed E-state index contributed by atoms with van der Waals surface area (Å²) in [5.41, 5.74) is 2.18.